The lowest BCUT2D eigenvalue weighted by atomic mass is 10.1. The Morgan fingerprint density at radius 3 is 2.03 bits per heavy atom. The molecule has 198 valence electrons. The molecule has 0 saturated carbocycles. The zero-order chi connectivity index (χ0) is 26.7. The molecule has 3 rings (SSSR count). The molecule has 10 nitrogen and oxygen atoms in total. The van der Waals surface area contributed by atoms with Crippen molar-refractivity contribution in [1.29, 1.82) is 0 Å². The minimum atomic E-state index is -3.37. The van der Waals surface area contributed by atoms with Crippen LogP contribution in [0.15, 0.2) is 78.9 Å². The Morgan fingerprint density at radius 1 is 0.892 bits per heavy atom. The number of carbonyl (C=O) groups is 1. The van der Waals surface area contributed by atoms with Gasteiger partial charge in [-0.25, -0.2) is 13.2 Å². The maximum atomic E-state index is 12.3. The van der Waals surface area contributed by atoms with E-state index in [1.54, 1.807) is 36.4 Å². The summed E-state index contributed by atoms with van der Waals surface area (Å²) in [7, 11) is -3.37. The van der Waals surface area contributed by atoms with Crippen molar-refractivity contribution in [2.45, 2.75) is 18.6 Å². The molecule has 0 spiro atoms. The molecule has 0 unspecified atom stereocenters. The van der Waals surface area contributed by atoms with Crippen LogP contribution < -0.4 is 25.4 Å². The molecule has 6 N–H and O–H groups in total. The number of hydrogen-bond donors (Lipinski definition) is 6. The minimum Gasteiger partial charge on any atom is -0.491 e. The molecule has 3 aromatic carbocycles. The van der Waals surface area contributed by atoms with Crippen LogP contribution in [0.3, 0.4) is 0 Å². The molecule has 0 saturated heterocycles. The van der Waals surface area contributed by atoms with Crippen LogP contribution in [0.2, 0.25) is 0 Å². The Balaban J connectivity index is 1.42. The Labute approximate surface area is 216 Å². The van der Waals surface area contributed by atoms with Crippen LogP contribution >= 0.6 is 0 Å². The highest BCUT2D eigenvalue weighted by Gasteiger charge is 2.12. The summed E-state index contributed by atoms with van der Waals surface area (Å²) in [5.74, 6) is 0.683. The van der Waals surface area contributed by atoms with Crippen molar-refractivity contribution in [2.24, 2.45) is 0 Å². The van der Waals surface area contributed by atoms with Crippen LogP contribution in [0.25, 0.3) is 0 Å². The number of sulfonamides is 1. The monoisotopic (exact) mass is 528 g/mol. The van der Waals surface area contributed by atoms with Crippen LogP contribution in [0.5, 0.6) is 5.75 Å². The molecular formula is C26H32N4O6S. The SMILES string of the molecule is CS(=O)(=O)Nc1ccc(NC(=O)Nc2ccc(C[C@@H](CO)NC[C@H](O)COc3ccccc3)cc2)cc1. The summed E-state index contributed by atoms with van der Waals surface area (Å²) >= 11 is 0. The van der Waals surface area contributed by atoms with E-state index in [0.29, 0.717) is 29.2 Å². The number of anilines is 3. The minimum absolute atomic E-state index is 0.104. The average Bonchev–Trinajstić information content (AvgIpc) is 2.87. The van der Waals surface area contributed by atoms with Gasteiger partial charge in [-0.05, 0) is 60.5 Å². The second-order valence-electron chi connectivity index (χ2n) is 8.50. The topological polar surface area (TPSA) is 149 Å². The Morgan fingerprint density at radius 2 is 1.46 bits per heavy atom. The van der Waals surface area contributed by atoms with Gasteiger partial charge in [0.2, 0.25) is 10.0 Å². The zero-order valence-corrected chi connectivity index (χ0v) is 21.2. The summed E-state index contributed by atoms with van der Waals surface area (Å²) < 4.78 is 30.4. The number of nitrogens with one attached hydrogen (secondary N) is 4. The lowest BCUT2D eigenvalue weighted by molar-refractivity contribution is 0.0997. The van der Waals surface area contributed by atoms with Crippen molar-refractivity contribution in [1.82, 2.24) is 5.32 Å². The third-order valence-corrected chi connectivity index (χ3v) is 5.79. The lowest BCUT2D eigenvalue weighted by Crippen LogP contribution is -2.41. The molecule has 0 aromatic heterocycles. The number of benzene rings is 3. The Kier molecular flexibility index (Phi) is 10.3. The average molecular weight is 529 g/mol. The molecule has 11 heteroatoms. The number of para-hydroxylation sites is 1. The quantitative estimate of drug-likeness (QED) is 0.200. The molecule has 0 fully saturated rings. The standard InChI is InChI=1S/C26H32N4O6S/c1-37(34,35)30-22-13-11-21(12-14-22)29-26(33)28-20-9-7-19(8-10-20)15-23(17-31)27-16-24(32)18-36-25-5-3-2-4-6-25/h2-14,23-24,27,30-32H,15-18H2,1H3,(H2,28,29,33)/t23-,24-/m0/s1. The summed E-state index contributed by atoms with van der Waals surface area (Å²) in [6.07, 6.45) is 0.863. The lowest BCUT2D eigenvalue weighted by Gasteiger charge is -2.19. The maximum absolute atomic E-state index is 12.3. The highest BCUT2D eigenvalue weighted by Crippen LogP contribution is 2.16. The highest BCUT2D eigenvalue weighted by atomic mass is 32.2. The molecule has 2 atom stereocenters. The van der Waals surface area contributed by atoms with E-state index in [2.05, 4.69) is 20.7 Å². The number of rotatable bonds is 13. The molecule has 2 amide bonds. The molecular weight excluding hydrogens is 496 g/mol. The van der Waals surface area contributed by atoms with E-state index < -0.39 is 22.2 Å². The van der Waals surface area contributed by atoms with Gasteiger partial charge >= 0.3 is 6.03 Å². The van der Waals surface area contributed by atoms with Crippen LogP contribution in [0.1, 0.15) is 5.56 Å². The first-order chi connectivity index (χ1) is 17.7. The van der Waals surface area contributed by atoms with Crippen molar-refractivity contribution >= 4 is 33.1 Å². The van der Waals surface area contributed by atoms with Crippen molar-refractivity contribution in [3.05, 3.63) is 84.4 Å². The van der Waals surface area contributed by atoms with Crippen LogP contribution in [-0.2, 0) is 16.4 Å². The first-order valence-electron chi connectivity index (χ1n) is 11.6. The van der Waals surface area contributed by atoms with Gasteiger partial charge < -0.3 is 30.9 Å². The van der Waals surface area contributed by atoms with Gasteiger partial charge in [-0.1, -0.05) is 30.3 Å². The van der Waals surface area contributed by atoms with Crippen molar-refractivity contribution in [2.75, 3.05) is 41.4 Å². The fourth-order valence-electron chi connectivity index (χ4n) is 3.41. The first-order valence-corrected chi connectivity index (χ1v) is 13.5. The number of aliphatic hydroxyl groups is 2. The molecule has 0 heterocycles. The van der Waals surface area contributed by atoms with Gasteiger partial charge in [0.15, 0.2) is 0 Å². The fraction of sp³-hybridized carbons (Fsp3) is 0.269. The van der Waals surface area contributed by atoms with Gasteiger partial charge in [0.05, 0.1) is 12.9 Å². The van der Waals surface area contributed by atoms with Crippen LogP contribution in [0.4, 0.5) is 21.9 Å². The van der Waals surface area contributed by atoms with Crippen LogP contribution in [0, 0.1) is 0 Å². The number of aliphatic hydroxyl groups excluding tert-OH is 2. The van der Waals surface area contributed by atoms with E-state index in [1.165, 1.54) is 0 Å². The second kappa shape index (κ2) is 13.6. The smallest absolute Gasteiger partial charge is 0.323 e. The van der Waals surface area contributed by atoms with Crippen molar-refractivity contribution in [3.63, 3.8) is 0 Å². The number of hydrogen-bond acceptors (Lipinski definition) is 7. The van der Waals surface area contributed by atoms with Crippen molar-refractivity contribution < 1.29 is 28.2 Å². The molecule has 37 heavy (non-hydrogen) atoms. The van der Waals surface area contributed by atoms with Crippen LogP contribution in [-0.4, -0.2) is 62.8 Å². The number of urea groups is 1. The zero-order valence-electron chi connectivity index (χ0n) is 20.4. The summed E-state index contributed by atoms with van der Waals surface area (Å²) in [6.45, 7) is 0.301. The van der Waals surface area contributed by atoms with Gasteiger partial charge in [0.1, 0.15) is 18.5 Å². The van der Waals surface area contributed by atoms with E-state index in [9.17, 15) is 23.4 Å². The summed E-state index contributed by atoms with van der Waals surface area (Å²) in [4.78, 5) is 12.3. The number of amides is 2. The van der Waals surface area contributed by atoms with E-state index in [-0.39, 0.29) is 25.8 Å². The summed E-state index contributed by atoms with van der Waals surface area (Å²) in [5.41, 5.74) is 2.43. The van der Waals surface area contributed by atoms with E-state index in [0.717, 1.165) is 11.8 Å². The third-order valence-electron chi connectivity index (χ3n) is 5.19. The Bertz CT molecular complexity index is 1220. The van der Waals surface area contributed by atoms with Gasteiger partial charge in [-0.2, -0.15) is 0 Å². The van der Waals surface area contributed by atoms with Crippen molar-refractivity contribution in [3.8, 4) is 5.75 Å². The second-order valence-corrected chi connectivity index (χ2v) is 10.2. The van der Waals surface area contributed by atoms with Gasteiger partial charge in [0, 0.05) is 29.6 Å². The maximum Gasteiger partial charge on any atom is 0.323 e. The molecule has 0 bridgehead atoms. The molecule has 0 radical (unpaired) electrons. The molecule has 0 aliphatic carbocycles. The highest BCUT2D eigenvalue weighted by molar-refractivity contribution is 7.92. The molecule has 3 aromatic rings. The van der Waals surface area contributed by atoms with Gasteiger partial charge in [0.25, 0.3) is 0 Å². The third kappa shape index (κ3) is 10.5. The number of carbonyl (C=O) groups excluding carboxylic acids is 1. The van der Waals surface area contributed by atoms with E-state index in [1.807, 2.05) is 42.5 Å². The normalized spacial score (nSPS) is 12.8. The Hall–Kier alpha value is -3.64. The van der Waals surface area contributed by atoms with E-state index in [4.69, 9.17) is 4.74 Å². The summed E-state index contributed by atoms with van der Waals surface area (Å²) in [6, 6.07) is 22.0. The fourth-order valence-corrected chi connectivity index (χ4v) is 3.97. The van der Waals surface area contributed by atoms with Gasteiger partial charge in [-0.15, -0.1) is 0 Å². The van der Waals surface area contributed by atoms with E-state index >= 15 is 0 Å². The molecule has 0 aliphatic rings. The molecule has 0 aliphatic heterocycles. The predicted octanol–water partition coefficient (Wildman–Crippen LogP) is 2.63. The summed E-state index contributed by atoms with van der Waals surface area (Å²) in [5, 5.41) is 28.4. The first kappa shape index (κ1) is 27.9. The van der Waals surface area contributed by atoms with Gasteiger partial charge in [-0.3, -0.25) is 4.72 Å². The largest absolute Gasteiger partial charge is 0.491 e. The predicted molar refractivity (Wildman–Crippen MR) is 145 cm³/mol. The number of ether oxygens (including phenoxy) is 1.